The summed E-state index contributed by atoms with van der Waals surface area (Å²) >= 11 is 5.46. The summed E-state index contributed by atoms with van der Waals surface area (Å²) in [6.07, 6.45) is 0. The molecule has 12 heavy (non-hydrogen) atoms. The van der Waals surface area contributed by atoms with Crippen LogP contribution in [0.3, 0.4) is 0 Å². The van der Waals surface area contributed by atoms with Crippen LogP contribution in [0.25, 0.3) is 0 Å². The monoisotopic (exact) mass is 432 g/mol. The SMILES string of the molecule is C1C[Te]C(C2CS2)C(C2CS2)[Te]1. The van der Waals surface area contributed by atoms with Crippen LogP contribution in [-0.4, -0.2) is 63.9 Å². The first-order valence-corrected chi connectivity index (χ1v) is 12.5. The molecule has 3 saturated heterocycles. The van der Waals surface area contributed by atoms with Crippen molar-refractivity contribution >= 4 is 65.4 Å². The van der Waals surface area contributed by atoms with E-state index in [1.807, 2.05) is 0 Å². The molecule has 0 bridgehead atoms. The van der Waals surface area contributed by atoms with E-state index < -0.39 is 0 Å². The fourth-order valence-electron chi connectivity index (χ4n) is 1.69. The molecular weight excluding hydrogens is 415 g/mol. The summed E-state index contributed by atoms with van der Waals surface area (Å²) in [6.45, 7) is 0. The Balaban J connectivity index is 1.68. The van der Waals surface area contributed by atoms with Gasteiger partial charge in [0.1, 0.15) is 0 Å². The standard InChI is InChI=1S/C8H12S2Te2/c1-2-12-8(6-4-10-6)7(11-1)5-3-9-5/h5-8H,1-4H2. The van der Waals surface area contributed by atoms with Crippen molar-refractivity contribution in [1.29, 1.82) is 0 Å². The average molecular weight is 428 g/mol. The van der Waals surface area contributed by atoms with Crippen molar-refractivity contribution in [2.75, 3.05) is 11.5 Å². The van der Waals surface area contributed by atoms with Gasteiger partial charge >= 0.3 is 104 Å². The molecular formula is C8H12S2Te2. The summed E-state index contributed by atoms with van der Waals surface area (Å²) in [7, 11) is 0. The van der Waals surface area contributed by atoms with Gasteiger partial charge in [0, 0.05) is 0 Å². The molecule has 3 aliphatic rings. The maximum atomic E-state index is 2.27. The molecule has 0 aromatic rings. The van der Waals surface area contributed by atoms with Crippen LogP contribution in [0.1, 0.15) is 0 Å². The van der Waals surface area contributed by atoms with Crippen LogP contribution in [0, 0.1) is 0 Å². The van der Waals surface area contributed by atoms with Crippen molar-refractivity contribution in [2.45, 2.75) is 27.4 Å². The minimum absolute atomic E-state index is 0.463. The molecule has 0 nitrogen and oxygen atoms in total. The summed E-state index contributed by atoms with van der Waals surface area (Å²) < 4.78 is 6.05. The van der Waals surface area contributed by atoms with Crippen molar-refractivity contribution in [1.82, 2.24) is 0 Å². The summed E-state index contributed by atoms with van der Waals surface area (Å²) in [5.41, 5.74) is 0. The van der Waals surface area contributed by atoms with E-state index in [9.17, 15) is 0 Å². The van der Waals surface area contributed by atoms with E-state index in [0.717, 1.165) is 0 Å². The molecule has 3 rings (SSSR count). The van der Waals surface area contributed by atoms with E-state index in [2.05, 4.69) is 23.5 Å². The third-order valence-corrected chi connectivity index (χ3v) is 18.0. The van der Waals surface area contributed by atoms with E-state index in [0.29, 0.717) is 41.8 Å². The Morgan fingerprint density at radius 1 is 0.833 bits per heavy atom. The second-order valence-corrected chi connectivity index (χ2v) is 13.3. The predicted octanol–water partition coefficient (Wildman–Crippen LogP) is 2.05. The van der Waals surface area contributed by atoms with Crippen LogP contribution in [0.5, 0.6) is 0 Å². The molecule has 4 heteroatoms. The Bertz CT molecular complexity index is 160. The van der Waals surface area contributed by atoms with Crippen molar-refractivity contribution in [3.8, 4) is 0 Å². The van der Waals surface area contributed by atoms with E-state index in [1.54, 1.807) is 8.94 Å². The Kier molecular flexibility index (Phi) is 3.19. The molecule has 0 N–H and O–H groups in total. The van der Waals surface area contributed by atoms with Crippen LogP contribution in [0.15, 0.2) is 0 Å². The van der Waals surface area contributed by atoms with Gasteiger partial charge in [-0.15, -0.1) is 0 Å². The fourth-order valence-corrected chi connectivity index (χ4v) is 19.6. The van der Waals surface area contributed by atoms with E-state index in [4.69, 9.17) is 0 Å². The van der Waals surface area contributed by atoms with Crippen molar-refractivity contribution in [3.63, 3.8) is 0 Å². The van der Waals surface area contributed by atoms with Gasteiger partial charge in [0.25, 0.3) is 0 Å². The number of thioether (sulfide) groups is 2. The second-order valence-electron chi connectivity index (χ2n) is 3.41. The summed E-state index contributed by atoms with van der Waals surface area (Å²) in [5.74, 6) is 3.08. The summed E-state index contributed by atoms with van der Waals surface area (Å²) in [6, 6.07) is 0. The van der Waals surface area contributed by atoms with Crippen LogP contribution < -0.4 is 0 Å². The van der Waals surface area contributed by atoms with Crippen molar-refractivity contribution in [3.05, 3.63) is 0 Å². The second kappa shape index (κ2) is 4.03. The third-order valence-electron chi connectivity index (χ3n) is 2.48. The zero-order chi connectivity index (χ0) is 7.97. The Hall–Kier alpha value is 2.28. The van der Waals surface area contributed by atoms with Gasteiger partial charge < -0.3 is 0 Å². The zero-order valence-corrected chi connectivity index (χ0v) is 13.1. The summed E-state index contributed by atoms with van der Waals surface area (Å²) in [5, 5.41) is 2.37. The van der Waals surface area contributed by atoms with E-state index >= 15 is 0 Å². The molecule has 0 amide bonds. The maximum absolute atomic E-state index is 2.27. The molecule has 0 aliphatic carbocycles. The molecule has 68 valence electrons. The predicted molar refractivity (Wildman–Crippen MR) is 61.1 cm³/mol. The van der Waals surface area contributed by atoms with Gasteiger partial charge in [0.05, 0.1) is 0 Å². The van der Waals surface area contributed by atoms with Gasteiger partial charge in [-0.2, -0.15) is 0 Å². The molecule has 3 heterocycles. The van der Waals surface area contributed by atoms with Crippen LogP contribution in [0.4, 0.5) is 0 Å². The van der Waals surface area contributed by atoms with E-state index in [1.165, 1.54) is 29.9 Å². The third kappa shape index (κ3) is 2.10. The molecule has 3 aliphatic heterocycles. The van der Waals surface area contributed by atoms with Gasteiger partial charge in [0.2, 0.25) is 0 Å². The Morgan fingerprint density at radius 2 is 1.25 bits per heavy atom. The van der Waals surface area contributed by atoms with Gasteiger partial charge in [-0.05, 0) is 0 Å². The van der Waals surface area contributed by atoms with Crippen LogP contribution >= 0.6 is 23.5 Å². The topological polar surface area (TPSA) is 0 Å². The first kappa shape index (κ1) is 9.50. The zero-order valence-electron chi connectivity index (χ0n) is 6.77. The number of hydrogen-bond donors (Lipinski definition) is 0. The van der Waals surface area contributed by atoms with Crippen molar-refractivity contribution < 1.29 is 0 Å². The van der Waals surface area contributed by atoms with Gasteiger partial charge in [-0.25, -0.2) is 0 Å². The quantitative estimate of drug-likeness (QED) is 0.489. The molecule has 0 radical (unpaired) electrons. The number of hydrogen-bond acceptors (Lipinski definition) is 2. The van der Waals surface area contributed by atoms with Crippen LogP contribution in [-0.2, 0) is 0 Å². The molecule has 0 aromatic heterocycles. The minimum atomic E-state index is 0.463. The number of rotatable bonds is 2. The molecule has 3 fully saturated rings. The molecule has 0 spiro atoms. The van der Waals surface area contributed by atoms with Gasteiger partial charge in [0.15, 0.2) is 0 Å². The molecule has 0 aromatic carbocycles. The first-order chi connectivity index (χ1) is 5.95. The van der Waals surface area contributed by atoms with E-state index in [-0.39, 0.29) is 0 Å². The summed E-state index contributed by atoms with van der Waals surface area (Å²) in [4.78, 5) is 0. The average Bonchev–Trinajstić information content (AvgIpc) is 2.99. The van der Waals surface area contributed by atoms with Crippen molar-refractivity contribution in [2.24, 2.45) is 0 Å². The fraction of sp³-hybridized carbons (Fsp3) is 1.00. The Morgan fingerprint density at radius 3 is 1.58 bits per heavy atom. The molecule has 0 saturated carbocycles. The Labute approximate surface area is 103 Å². The first-order valence-electron chi connectivity index (χ1n) is 4.41. The molecule has 4 atom stereocenters. The van der Waals surface area contributed by atoms with Gasteiger partial charge in [-0.3, -0.25) is 0 Å². The normalized spacial score (nSPS) is 52.0. The van der Waals surface area contributed by atoms with Gasteiger partial charge in [-0.1, -0.05) is 0 Å². The van der Waals surface area contributed by atoms with Crippen LogP contribution in [0.2, 0.25) is 16.9 Å². The molecule has 4 unspecified atom stereocenters.